The zero-order chi connectivity index (χ0) is 14.4. The lowest BCUT2D eigenvalue weighted by Gasteiger charge is -2.16. The summed E-state index contributed by atoms with van der Waals surface area (Å²) >= 11 is 0. The Morgan fingerprint density at radius 1 is 1.05 bits per heavy atom. The van der Waals surface area contributed by atoms with Crippen molar-refractivity contribution in [3.63, 3.8) is 0 Å². The topological polar surface area (TPSA) is 29.1 Å². The first-order valence-electron chi connectivity index (χ1n) is 7.09. The second-order valence-electron chi connectivity index (χ2n) is 5.02. The van der Waals surface area contributed by atoms with Gasteiger partial charge in [0.05, 0.1) is 5.92 Å². The van der Waals surface area contributed by atoms with E-state index < -0.39 is 0 Å². The van der Waals surface area contributed by atoms with Crippen molar-refractivity contribution in [2.24, 2.45) is 0 Å². The fraction of sp³-hybridized carbons (Fsp3) is 0.278. The molecule has 0 saturated heterocycles. The van der Waals surface area contributed by atoms with Crippen molar-refractivity contribution in [1.82, 2.24) is 5.32 Å². The van der Waals surface area contributed by atoms with Crippen molar-refractivity contribution in [1.29, 1.82) is 0 Å². The summed E-state index contributed by atoms with van der Waals surface area (Å²) in [6.45, 7) is 4.70. The molecule has 2 aromatic carbocycles. The molecule has 0 heterocycles. The fourth-order valence-corrected chi connectivity index (χ4v) is 2.37. The number of nitrogens with one attached hydrogen (secondary N) is 1. The van der Waals surface area contributed by atoms with Crippen LogP contribution in [0.5, 0.6) is 0 Å². The summed E-state index contributed by atoms with van der Waals surface area (Å²) in [7, 11) is 0. The lowest BCUT2D eigenvalue weighted by molar-refractivity contribution is -0.122. The molecule has 0 saturated carbocycles. The van der Waals surface area contributed by atoms with E-state index in [1.54, 1.807) is 0 Å². The molecule has 2 nitrogen and oxygen atoms in total. The Bertz CT molecular complexity index is 563. The first kappa shape index (κ1) is 14.3. The predicted octanol–water partition coefficient (Wildman–Crippen LogP) is 3.81. The van der Waals surface area contributed by atoms with E-state index in [0.29, 0.717) is 6.54 Å². The highest BCUT2D eigenvalue weighted by molar-refractivity contribution is 5.83. The SMILES string of the molecule is CCC(C(=O)NCc1ccccc1C)c1ccccc1. The third kappa shape index (κ3) is 3.47. The third-order valence-corrected chi connectivity index (χ3v) is 3.64. The summed E-state index contributed by atoms with van der Waals surface area (Å²) in [5.41, 5.74) is 3.46. The van der Waals surface area contributed by atoms with E-state index >= 15 is 0 Å². The van der Waals surface area contributed by atoms with E-state index in [1.165, 1.54) is 11.1 Å². The summed E-state index contributed by atoms with van der Waals surface area (Å²) in [4.78, 5) is 12.3. The van der Waals surface area contributed by atoms with Crippen LogP contribution in [0, 0.1) is 6.92 Å². The highest BCUT2D eigenvalue weighted by Crippen LogP contribution is 2.19. The standard InChI is InChI=1S/C18H21NO/c1-3-17(15-10-5-4-6-11-15)18(20)19-13-16-12-8-7-9-14(16)2/h4-12,17H,3,13H2,1-2H3,(H,19,20). The minimum Gasteiger partial charge on any atom is -0.351 e. The van der Waals surface area contributed by atoms with Crippen LogP contribution in [0.15, 0.2) is 54.6 Å². The third-order valence-electron chi connectivity index (χ3n) is 3.64. The summed E-state index contributed by atoms with van der Waals surface area (Å²) in [5.74, 6) is 0.0298. The van der Waals surface area contributed by atoms with Gasteiger partial charge in [-0.2, -0.15) is 0 Å². The largest absolute Gasteiger partial charge is 0.351 e. The van der Waals surface area contributed by atoms with Gasteiger partial charge in [0.1, 0.15) is 0 Å². The molecule has 0 fully saturated rings. The van der Waals surface area contributed by atoms with Gasteiger partial charge in [0.15, 0.2) is 0 Å². The van der Waals surface area contributed by atoms with Crippen LogP contribution in [0.3, 0.4) is 0 Å². The molecule has 0 aliphatic carbocycles. The number of hydrogen-bond donors (Lipinski definition) is 1. The molecule has 2 heteroatoms. The van der Waals surface area contributed by atoms with Gasteiger partial charge in [-0.15, -0.1) is 0 Å². The van der Waals surface area contributed by atoms with Gasteiger partial charge in [-0.3, -0.25) is 4.79 Å². The maximum atomic E-state index is 12.3. The van der Waals surface area contributed by atoms with Crippen LogP contribution in [-0.4, -0.2) is 5.91 Å². The van der Waals surface area contributed by atoms with Gasteiger partial charge in [0.25, 0.3) is 0 Å². The minimum absolute atomic E-state index is 0.0692. The fourth-order valence-electron chi connectivity index (χ4n) is 2.37. The van der Waals surface area contributed by atoms with Crippen LogP contribution in [-0.2, 0) is 11.3 Å². The van der Waals surface area contributed by atoms with Crippen molar-refractivity contribution in [3.8, 4) is 0 Å². The summed E-state index contributed by atoms with van der Waals surface area (Å²) in [6, 6.07) is 18.1. The molecule has 0 aliphatic heterocycles. The minimum atomic E-state index is -0.0692. The van der Waals surface area contributed by atoms with E-state index in [-0.39, 0.29) is 11.8 Å². The van der Waals surface area contributed by atoms with Crippen LogP contribution < -0.4 is 5.32 Å². The smallest absolute Gasteiger partial charge is 0.227 e. The van der Waals surface area contributed by atoms with E-state index in [2.05, 4.69) is 24.4 Å². The van der Waals surface area contributed by atoms with Gasteiger partial charge >= 0.3 is 0 Å². The Hall–Kier alpha value is -2.09. The molecular formula is C18H21NO. The molecule has 20 heavy (non-hydrogen) atoms. The first-order valence-corrected chi connectivity index (χ1v) is 7.09. The second-order valence-corrected chi connectivity index (χ2v) is 5.02. The van der Waals surface area contributed by atoms with Crippen LogP contribution in [0.2, 0.25) is 0 Å². The van der Waals surface area contributed by atoms with Gasteiger partial charge in [-0.1, -0.05) is 61.5 Å². The van der Waals surface area contributed by atoms with Gasteiger partial charge in [0, 0.05) is 6.54 Å². The number of amides is 1. The quantitative estimate of drug-likeness (QED) is 0.877. The van der Waals surface area contributed by atoms with Gasteiger partial charge in [-0.05, 0) is 30.0 Å². The van der Waals surface area contributed by atoms with E-state index in [4.69, 9.17) is 0 Å². The molecule has 0 aliphatic rings. The Kier molecular flexibility index (Phi) is 4.94. The van der Waals surface area contributed by atoms with Crippen molar-refractivity contribution >= 4 is 5.91 Å². The lowest BCUT2D eigenvalue weighted by Crippen LogP contribution is -2.28. The summed E-state index contributed by atoms with van der Waals surface area (Å²) in [6.07, 6.45) is 0.809. The van der Waals surface area contributed by atoms with Crippen LogP contribution in [0.4, 0.5) is 0 Å². The van der Waals surface area contributed by atoms with Crippen molar-refractivity contribution in [2.75, 3.05) is 0 Å². The predicted molar refractivity (Wildman–Crippen MR) is 82.5 cm³/mol. The van der Waals surface area contributed by atoms with E-state index in [9.17, 15) is 4.79 Å². The van der Waals surface area contributed by atoms with E-state index in [1.807, 2.05) is 49.4 Å². The number of aryl methyl sites for hydroxylation is 1. The Labute approximate surface area is 120 Å². The van der Waals surface area contributed by atoms with E-state index in [0.717, 1.165) is 12.0 Å². The zero-order valence-electron chi connectivity index (χ0n) is 12.1. The lowest BCUT2D eigenvalue weighted by atomic mass is 9.95. The molecule has 1 atom stereocenters. The van der Waals surface area contributed by atoms with Crippen molar-refractivity contribution in [2.45, 2.75) is 32.7 Å². The molecule has 104 valence electrons. The molecule has 2 rings (SSSR count). The Morgan fingerprint density at radius 3 is 2.35 bits per heavy atom. The zero-order valence-corrected chi connectivity index (χ0v) is 12.1. The summed E-state index contributed by atoms with van der Waals surface area (Å²) < 4.78 is 0. The molecular weight excluding hydrogens is 246 g/mol. The highest BCUT2D eigenvalue weighted by atomic mass is 16.1. The normalized spacial score (nSPS) is 11.9. The van der Waals surface area contributed by atoms with Crippen LogP contribution in [0.25, 0.3) is 0 Å². The molecule has 0 aromatic heterocycles. The highest BCUT2D eigenvalue weighted by Gasteiger charge is 2.17. The van der Waals surface area contributed by atoms with Gasteiger partial charge in [-0.25, -0.2) is 0 Å². The molecule has 1 unspecified atom stereocenters. The van der Waals surface area contributed by atoms with Gasteiger partial charge in [0.2, 0.25) is 5.91 Å². The Balaban J connectivity index is 2.02. The number of carbonyl (C=O) groups is 1. The number of benzene rings is 2. The Morgan fingerprint density at radius 2 is 1.70 bits per heavy atom. The number of hydrogen-bond acceptors (Lipinski definition) is 1. The average molecular weight is 267 g/mol. The second kappa shape index (κ2) is 6.90. The van der Waals surface area contributed by atoms with Crippen LogP contribution in [0.1, 0.15) is 36.0 Å². The average Bonchev–Trinajstić information content (AvgIpc) is 2.48. The summed E-state index contributed by atoms with van der Waals surface area (Å²) in [5, 5.41) is 3.05. The molecule has 2 aromatic rings. The number of carbonyl (C=O) groups excluding carboxylic acids is 1. The molecule has 1 N–H and O–H groups in total. The maximum Gasteiger partial charge on any atom is 0.227 e. The molecule has 1 amide bonds. The maximum absolute atomic E-state index is 12.3. The van der Waals surface area contributed by atoms with Crippen molar-refractivity contribution in [3.05, 3.63) is 71.3 Å². The molecule has 0 spiro atoms. The van der Waals surface area contributed by atoms with Gasteiger partial charge < -0.3 is 5.32 Å². The molecule has 0 bridgehead atoms. The first-order chi connectivity index (χ1) is 9.72. The van der Waals surface area contributed by atoms with Crippen LogP contribution >= 0.6 is 0 Å². The number of rotatable bonds is 5. The van der Waals surface area contributed by atoms with Crippen molar-refractivity contribution < 1.29 is 4.79 Å². The molecule has 0 radical (unpaired) electrons. The monoisotopic (exact) mass is 267 g/mol.